The summed E-state index contributed by atoms with van der Waals surface area (Å²) in [6.45, 7) is 0. The van der Waals surface area contributed by atoms with Gasteiger partial charge in [-0.05, 0) is 21.4 Å². The maximum atomic E-state index is 2.23. The molecule has 0 radical (unpaired) electrons. The van der Waals surface area contributed by atoms with Crippen LogP contribution in [0.3, 0.4) is 0 Å². The SMILES string of the molecule is Cl.c1ccc(Pc2cccc3ccccc23)cc1. The van der Waals surface area contributed by atoms with Crippen LogP contribution in [-0.2, 0) is 0 Å². The molecule has 0 N–H and O–H groups in total. The molecule has 0 aromatic heterocycles. The standard InChI is InChI=1S/C16H13P.ClH/c1-2-9-14(10-3-1)17-16-12-6-8-13-7-4-5-11-15(13)16;/h1-12,17H;1H. The first kappa shape index (κ1) is 13.1. The van der Waals surface area contributed by atoms with Crippen LogP contribution in [0.4, 0.5) is 0 Å². The van der Waals surface area contributed by atoms with E-state index in [2.05, 4.69) is 72.8 Å². The van der Waals surface area contributed by atoms with Crippen molar-refractivity contribution in [1.82, 2.24) is 0 Å². The molecule has 18 heavy (non-hydrogen) atoms. The molecule has 0 aliphatic heterocycles. The second-order valence-corrected chi connectivity index (χ2v) is 5.38. The molecule has 0 nitrogen and oxygen atoms in total. The van der Waals surface area contributed by atoms with Gasteiger partial charge in [-0.3, -0.25) is 0 Å². The quantitative estimate of drug-likeness (QED) is 0.621. The molecule has 0 saturated carbocycles. The first-order chi connectivity index (χ1) is 8.43. The van der Waals surface area contributed by atoms with E-state index in [1.54, 1.807) is 0 Å². The summed E-state index contributed by atoms with van der Waals surface area (Å²) in [4.78, 5) is 0. The average Bonchev–Trinajstić information content (AvgIpc) is 2.40. The van der Waals surface area contributed by atoms with Crippen molar-refractivity contribution >= 4 is 42.4 Å². The van der Waals surface area contributed by atoms with Gasteiger partial charge >= 0.3 is 0 Å². The summed E-state index contributed by atoms with van der Waals surface area (Å²) >= 11 is 0. The van der Waals surface area contributed by atoms with Crippen LogP contribution in [0.1, 0.15) is 0 Å². The van der Waals surface area contributed by atoms with Crippen LogP contribution in [0.2, 0.25) is 0 Å². The van der Waals surface area contributed by atoms with Crippen molar-refractivity contribution in [3.05, 3.63) is 72.8 Å². The van der Waals surface area contributed by atoms with Gasteiger partial charge in [0.15, 0.2) is 0 Å². The molecule has 90 valence electrons. The maximum Gasteiger partial charge on any atom is -0.0106 e. The van der Waals surface area contributed by atoms with Crippen LogP contribution in [-0.4, -0.2) is 0 Å². The Labute approximate surface area is 115 Å². The van der Waals surface area contributed by atoms with Gasteiger partial charge in [0.2, 0.25) is 0 Å². The molecule has 0 aliphatic rings. The number of benzene rings is 3. The molecule has 1 atom stereocenters. The van der Waals surface area contributed by atoms with E-state index in [0.717, 1.165) is 8.58 Å². The lowest BCUT2D eigenvalue weighted by Crippen LogP contribution is -2.03. The number of hydrogen-bond donors (Lipinski definition) is 0. The van der Waals surface area contributed by atoms with Crippen LogP contribution in [0.5, 0.6) is 0 Å². The lowest BCUT2D eigenvalue weighted by molar-refractivity contribution is 1.77. The maximum absolute atomic E-state index is 2.23. The molecule has 3 rings (SSSR count). The van der Waals surface area contributed by atoms with E-state index in [9.17, 15) is 0 Å². The molecule has 3 aromatic rings. The molecule has 3 aromatic carbocycles. The summed E-state index contributed by atoms with van der Waals surface area (Å²) in [7, 11) is 0.731. The van der Waals surface area contributed by atoms with E-state index in [0.29, 0.717) is 0 Å². The van der Waals surface area contributed by atoms with Crippen molar-refractivity contribution in [2.75, 3.05) is 0 Å². The highest BCUT2D eigenvalue weighted by molar-refractivity contribution is 7.56. The normalized spacial score (nSPS) is 10.7. The van der Waals surface area contributed by atoms with Crippen molar-refractivity contribution in [2.45, 2.75) is 0 Å². The van der Waals surface area contributed by atoms with Gasteiger partial charge in [0.05, 0.1) is 0 Å². The smallest absolute Gasteiger partial charge is 0.0106 e. The first-order valence-electron chi connectivity index (χ1n) is 5.73. The van der Waals surface area contributed by atoms with E-state index in [1.165, 1.54) is 21.4 Å². The molecule has 0 aliphatic carbocycles. The largest absolute Gasteiger partial charge is 0.147 e. The zero-order valence-corrected chi connectivity index (χ0v) is 11.7. The van der Waals surface area contributed by atoms with Gasteiger partial charge in [0.1, 0.15) is 0 Å². The van der Waals surface area contributed by atoms with Crippen LogP contribution in [0.15, 0.2) is 72.8 Å². The van der Waals surface area contributed by atoms with E-state index in [4.69, 9.17) is 0 Å². The van der Waals surface area contributed by atoms with Gasteiger partial charge in [-0.1, -0.05) is 81.4 Å². The zero-order valence-electron chi connectivity index (χ0n) is 9.84. The fraction of sp³-hybridized carbons (Fsp3) is 0. The second kappa shape index (κ2) is 6.00. The first-order valence-corrected chi connectivity index (χ1v) is 6.73. The van der Waals surface area contributed by atoms with E-state index in [-0.39, 0.29) is 12.4 Å². The molecule has 1 unspecified atom stereocenters. The van der Waals surface area contributed by atoms with Gasteiger partial charge in [-0.2, -0.15) is 0 Å². The third-order valence-electron chi connectivity index (χ3n) is 2.84. The Morgan fingerprint density at radius 1 is 0.611 bits per heavy atom. The lowest BCUT2D eigenvalue weighted by atomic mass is 10.1. The van der Waals surface area contributed by atoms with Gasteiger partial charge in [0, 0.05) is 0 Å². The predicted octanol–water partition coefficient (Wildman–Crippen LogP) is 3.89. The molecule has 0 spiro atoms. The Balaban J connectivity index is 0.00000120. The van der Waals surface area contributed by atoms with Gasteiger partial charge < -0.3 is 0 Å². The number of fused-ring (bicyclic) bond motifs is 1. The molecule has 0 heterocycles. The summed E-state index contributed by atoms with van der Waals surface area (Å²) in [6.07, 6.45) is 0. The highest BCUT2D eigenvalue weighted by Gasteiger charge is 2.00. The molecule has 0 bridgehead atoms. The second-order valence-electron chi connectivity index (χ2n) is 4.02. The van der Waals surface area contributed by atoms with Gasteiger partial charge in [-0.15, -0.1) is 12.4 Å². The third kappa shape index (κ3) is 2.72. The van der Waals surface area contributed by atoms with E-state index < -0.39 is 0 Å². The van der Waals surface area contributed by atoms with Crippen molar-refractivity contribution < 1.29 is 0 Å². The molecule has 0 saturated heterocycles. The fourth-order valence-corrected chi connectivity index (χ4v) is 3.22. The Hall–Kier alpha value is -1.36. The topological polar surface area (TPSA) is 0 Å². The zero-order chi connectivity index (χ0) is 11.5. The Kier molecular flexibility index (Phi) is 4.36. The number of rotatable bonds is 2. The highest BCUT2D eigenvalue weighted by Crippen LogP contribution is 2.19. The molecule has 0 fully saturated rings. The van der Waals surface area contributed by atoms with Crippen LogP contribution < -0.4 is 10.6 Å². The fourth-order valence-electron chi connectivity index (χ4n) is 2.01. The minimum atomic E-state index is 0. The van der Waals surface area contributed by atoms with Crippen molar-refractivity contribution in [3.63, 3.8) is 0 Å². The van der Waals surface area contributed by atoms with Gasteiger partial charge in [0.25, 0.3) is 0 Å². The molecular weight excluding hydrogens is 259 g/mol. The summed E-state index contributed by atoms with van der Waals surface area (Å²) < 4.78 is 0. The summed E-state index contributed by atoms with van der Waals surface area (Å²) in [5, 5.41) is 5.52. The van der Waals surface area contributed by atoms with Crippen LogP contribution in [0.25, 0.3) is 10.8 Å². The Morgan fingerprint density at radius 3 is 2.11 bits per heavy atom. The van der Waals surface area contributed by atoms with Gasteiger partial charge in [-0.25, -0.2) is 0 Å². The Bertz CT molecular complexity index is 629. The molecular formula is C16H14ClP. The molecule has 2 heteroatoms. The summed E-state index contributed by atoms with van der Waals surface area (Å²) in [5.41, 5.74) is 0. The van der Waals surface area contributed by atoms with Crippen molar-refractivity contribution in [3.8, 4) is 0 Å². The van der Waals surface area contributed by atoms with E-state index in [1.807, 2.05) is 0 Å². The minimum absolute atomic E-state index is 0. The molecule has 0 amide bonds. The van der Waals surface area contributed by atoms with E-state index >= 15 is 0 Å². The monoisotopic (exact) mass is 272 g/mol. The van der Waals surface area contributed by atoms with Crippen LogP contribution >= 0.6 is 21.0 Å². The van der Waals surface area contributed by atoms with Crippen molar-refractivity contribution in [1.29, 1.82) is 0 Å². The highest BCUT2D eigenvalue weighted by atomic mass is 35.5. The average molecular weight is 273 g/mol. The third-order valence-corrected chi connectivity index (χ3v) is 4.17. The van der Waals surface area contributed by atoms with Crippen LogP contribution in [0, 0.1) is 0 Å². The van der Waals surface area contributed by atoms with Crippen molar-refractivity contribution in [2.24, 2.45) is 0 Å². The predicted molar refractivity (Wildman–Crippen MR) is 85.2 cm³/mol. The number of hydrogen-bond acceptors (Lipinski definition) is 0. The number of halogens is 1. The Morgan fingerprint density at radius 2 is 1.28 bits per heavy atom. The minimum Gasteiger partial charge on any atom is -0.147 e. The lowest BCUT2D eigenvalue weighted by Gasteiger charge is -2.06. The summed E-state index contributed by atoms with van der Waals surface area (Å²) in [6, 6.07) is 25.8. The summed E-state index contributed by atoms with van der Waals surface area (Å²) in [5.74, 6) is 0.